The Labute approximate surface area is 87.2 Å². The lowest BCUT2D eigenvalue weighted by Gasteiger charge is -2.01. The molecule has 0 heterocycles. The molecule has 70 valence electrons. The van der Waals surface area contributed by atoms with Crippen LogP contribution in [0.2, 0.25) is 0 Å². The number of aryl methyl sites for hydroxylation is 1. The number of hydrogen-bond acceptors (Lipinski definition) is 1. The molecule has 0 unspecified atom stereocenters. The molecule has 1 nitrogen and oxygen atoms in total. The third-order valence-electron chi connectivity index (χ3n) is 1.84. The monoisotopic (exact) mass is 240 g/mol. The molecule has 0 aromatic heterocycles. The van der Waals surface area contributed by atoms with Gasteiger partial charge in [0, 0.05) is 10.9 Å². The largest absolute Gasteiger partial charge is 0.507 e. The van der Waals surface area contributed by atoms with Crippen molar-refractivity contribution in [3.05, 3.63) is 35.4 Å². The first-order valence-electron chi connectivity index (χ1n) is 4.27. The van der Waals surface area contributed by atoms with Crippen molar-refractivity contribution in [2.45, 2.75) is 13.3 Å². The lowest BCUT2D eigenvalue weighted by molar-refractivity contribution is 0.470. The molecule has 0 fully saturated rings. The molecule has 0 radical (unpaired) electrons. The Hall–Kier alpha value is -0.760. The normalized spacial score (nSPS) is 10.9. The zero-order chi connectivity index (χ0) is 9.68. The van der Waals surface area contributed by atoms with Gasteiger partial charge in [0.2, 0.25) is 0 Å². The van der Waals surface area contributed by atoms with Crippen LogP contribution in [0.25, 0.3) is 6.08 Å². The van der Waals surface area contributed by atoms with E-state index in [1.54, 1.807) is 0 Å². The Bertz CT molecular complexity index is 305. The first-order valence-corrected chi connectivity index (χ1v) is 5.39. The number of aromatic hydroxyl groups is 1. The predicted molar refractivity (Wildman–Crippen MR) is 60.3 cm³/mol. The molecule has 0 amide bonds. The van der Waals surface area contributed by atoms with Gasteiger partial charge in [-0.2, -0.15) is 0 Å². The van der Waals surface area contributed by atoms with Gasteiger partial charge in [0.05, 0.1) is 0 Å². The summed E-state index contributed by atoms with van der Waals surface area (Å²) in [5.74, 6) is 0.383. The van der Waals surface area contributed by atoms with Gasteiger partial charge in [0.25, 0.3) is 0 Å². The Morgan fingerprint density at radius 2 is 2.23 bits per heavy atom. The minimum Gasteiger partial charge on any atom is -0.507 e. The highest BCUT2D eigenvalue weighted by molar-refractivity contribution is 9.09. The van der Waals surface area contributed by atoms with Gasteiger partial charge in [0.1, 0.15) is 5.75 Å². The summed E-state index contributed by atoms with van der Waals surface area (Å²) in [4.78, 5) is 0. The molecule has 13 heavy (non-hydrogen) atoms. The number of para-hydroxylation sites is 1. The van der Waals surface area contributed by atoms with E-state index >= 15 is 0 Å². The van der Waals surface area contributed by atoms with Gasteiger partial charge in [-0.1, -0.05) is 46.3 Å². The molecule has 0 aliphatic rings. The number of hydrogen-bond donors (Lipinski definition) is 1. The lowest BCUT2D eigenvalue weighted by atomic mass is 10.1. The summed E-state index contributed by atoms with van der Waals surface area (Å²) < 4.78 is 0. The highest BCUT2D eigenvalue weighted by atomic mass is 79.9. The molecule has 0 bridgehead atoms. The number of phenols is 1. The van der Waals surface area contributed by atoms with E-state index in [0.29, 0.717) is 5.75 Å². The summed E-state index contributed by atoms with van der Waals surface area (Å²) in [6.07, 6.45) is 4.97. The SMILES string of the molecule is Cc1cccc(C=CCCBr)c1O. The van der Waals surface area contributed by atoms with Crippen molar-refractivity contribution in [1.82, 2.24) is 0 Å². The van der Waals surface area contributed by atoms with Crippen LogP contribution in [0.4, 0.5) is 0 Å². The average Bonchev–Trinajstić information content (AvgIpc) is 2.13. The van der Waals surface area contributed by atoms with Crippen LogP contribution in [0.5, 0.6) is 5.75 Å². The van der Waals surface area contributed by atoms with Crippen LogP contribution >= 0.6 is 15.9 Å². The van der Waals surface area contributed by atoms with Gasteiger partial charge in [-0.3, -0.25) is 0 Å². The predicted octanol–water partition coefficient (Wildman–Crippen LogP) is 3.50. The molecule has 0 saturated heterocycles. The summed E-state index contributed by atoms with van der Waals surface area (Å²) in [5.41, 5.74) is 1.81. The third-order valence-corrected chi connectivity index (χ3v) is 2.30. The van der Waals surface area contributed by atoms with Gasteiger partial charge >= 0.3 is 0 Å². The van der Waals surface area contributed by atoms with Crippen molar-refractivity contribution in [2.24, 2.45) is 0 Å². The molecule has 0 aliphatic carbocycles. The molecule has 2 heteroatoms. The van der Waals surface area contributed by atoms with E-state index in [1.165, 1.54) is 0 Å². The molecular weight excluding hydrogens is 228 g/mol. The van der Waals surface area contributed by atoms with Gasteiger partial charge in [-0.15, -0.1) is 0 Å². The summed E-state index contributed by atoms with van der Waals surface area (Å²) in [7, 11) is 0. The number of halogens is 1. The van der Waals surface area contributed by atoms with Crippen LogP contribution in [0.3, 0.4) is 0 Å². The fourth-order valence-corrected chi connectivity index (χ4v) is 1.35. The van der Waals surface area contributed by atoms with Crippen LogP contribution in [0.1, 0.15) is 17.5 Å². The first-order chi connectivity index (χ1) is 6.25. The zero-order valence-corrected chi connectivity index (χ0v) is 9.21. The number of allylic oxidation sites excluding steroid dienone is 1. The Morgan fingerprint density at radius 1 is 1.46 bits per heavy atom. The molecule has 1 aromatic carbocycles. The summed E-state index contributed by atoms with van der Waals surface area (Å²) in [5, 5.41) is 10.6. The molecule has 0 aliphatic heterocycles. The van der Waals surface area contributed by atoms with E-state index < -0.39 is 0 Å². The smallest absolute Gasteiger partial charge is 0.125 e. The number of phenolic OH excluding ortho intramolecular Hbond substituents is 1. The second-order valence-corrected chi connectivity index (χ2v) is 3.69. The molecule has 1 rings (SSSR count). The number of alkyl halides is 1. The van der Waals surface area contributed by atoms with Crippen LogP contribution in [0, 0.1) is 6.92 Å². The van der Waals surface area contributed by atoms with Gasteiger partial charge < -0.3 is 5.11 Å². The first kappa shape index (κ1) is 10.3. The highest BCUT2D eigenvalue weighted by Crippen LogP contribution is 2.22. The van der Waals surface area contributed by atoms with Crippen LogP contribution in [0.15, 0.2) is 24.3 Å². The van der Waals surface area contributed by atoms with Crippen LogP contribution in [-0.4, -0.2) is 10.4 Å². The molecule has 0 atom stereocenters. The zero-order valence-electron chi connectivity index (χ0n) is 7.63. The summed E-state index contributed by atoms with van der Waals surface area (Å²) in [6, 6.07) is 5.76. The molecule has 1 aromatic rings. The summed E-state index contributed by atoms with van der Waals surface area (Å²) >= 11 is 3.34. The fourth-order valence-electron chi connectivity index (χ4n) is 1.09. The van der Waals surface area contributed by atoms with Crippen molar-refractivity contribution < 1.29 is 5.11 Å². The van der Waals surface area contributed by atoms with E-state index in [9.17, 15) is 5.11 Å². The molecule has 0 saturated carbocycles. The van der Waals surface area contributed by atoms with E-state index in [0.717, 1.165) is 22.9 Å². The maximum Gasteiger partial charge on any atom is 0.125 e. The van der Waals surface area contributed by atoms with Gasteiger partial charge in [0.15, 0.2) is 0 Å². The maximum atomic E-state index is 9.63. The number of rotatable bonds is 3. The molecule has 1 N–H and O–H groups in total. The van der Waals surface area contributed by atoms with Crippen molar-refractivity contribution >= 4 is 22.0 Å². The number of benzene rings is 1. The summed E-state index contributed by atoms with van der Waals surface area (Å²) in [6.45, 7) is 1.90. The average molecular weight is 241 g/mol. The minimum atomic E-state index is 0.383. The minimum absolute atomic E-state index is 0.383. The Kier molecular flexibility index (Phi) is 4.03. The van der Waals surface area contributed by atoms with Crippen molar-refractivity contribution in [3.8, 4) is 5.75 Å². The topological polar surface area (TPSA) is 20.2 Å². The van der Waals surface area contributed by atoms with Gasteiger partial charge in [-0.05, 0) is 18.9 Å². The Balaban J connectivity index is 2.83. The van der Waals surface area contributed by atoms with Crippen molar-refractivity contribution in [1.29, 1.82) is 0 Å². The second kappa shape index (κ2) is 5.07. The standard InChI is InChI=1S/C11H13BrO/c1-9-5-4-7-10(11(9)13)6-2-3-8-12/h2,4-7,13H,3,8H2,1H3. The van der Waals surface area contributed by atoms with Crippen molar-refractivity contribution in [2.75, 3.05) is 5.33 Å². The highest BCUT2D eigenvalue weighted by Gasteiger charge is 1.98. The van der Waals surface area contributed by atoms with Crippen LogP contribution in [-0.2, 0) is 0 Å². The Morgan fingerprint density at radius 3 is 2.92 bits per heavy atom. The van der Waals surface area contributed by atoms with Crippen molar-refractivity contribution in [3.63, 3.8) is 0 Å². The maximum absolute atomic E-state index is 9.63. The van der Waals surface area contributed by atoms with E-state index in [2.05, 4.69) is 15.9 Å². The second-order valence-electron chi connectivity index (χ2n) is 2.89. The van der Waals surface area contributed by atoms with Gasteiger partial charge in [-0.25, -0.2) is 0 Å². The van der Waals surface area contributed by atoms with Crippen LogP contribution < -0.4 is 0 Å². The fraction of sp³-hybridized carbons (Fsp3) is 0.273. The molecule has 0 spiro atoms. The quantitative estimate of drug-likeness (QED) is 0.803. The van der Waals surface area contributed by atoms with E-state index in [-0.39, 0.29) is 0 Å². The van der Waals surface area contributed by atoms with E-state index in [1.807, 2.05) is 37.3 Å². The third kappa shape index (κ3) is 2.88. The molecular formula is C11H13BrO. The lowest BCUT2D eigenvalue weighted by Crippen LogP contribution is -1.78. The van der Waals surface area contributed by atoms with E-state index in [4.69, 9.17) is 0 Å².